The molecule has 1 aromatic rings. The second kappa shape index (κ2) is 11.7. The quantitative estimate of drug-likeness (QED) is 0.499. The van der Waals surface area contributed by atoms with E-state index in [4.69, 9.17) is 10.5 Å². The predicted octanol–water partition coefficient (Wildman–Crippen LogP) is 4.20. The summed E-state index contributed by atoms with van der Waals surface area (Å²) in [6.07, 6.45) is 10.8. The maximum Gasteiger partial charge on any atom is 0.320 e. The van der Waals surface area contributed by atoms with Crippen LogP contribution >= 0.6 is 0 Å². The molecule has 0 radical (unpaired) electrons. The first-order chi connectivity index (χ1) is 15.1. The van der Waals surface area contributed by atoms with Crippen molar-refractivity contribution in [2.24, 2.45) is 5.92 Å². The molecule has 0 bridgehead atoms. The second-order valence-electron chi connectivity index (χ2n) is 9.06. The smallest absolute Gasteiger partial charge is 0.320 e. The van der Waals surface area contributed by atoms with Crippen LogP contribution < -0.4 is 15.4 Å². The Hall–Kier alpha value is -1.89. The molecule has 3 rings (SSSR count). The number of anilines is 2. The lowest BCUT2D eigenvalue weighted by atomic mass is 9.90. The van der Waals surface area contributed by atoms with Crippen LogP contribution in [0.4, 0.5) is 11.6 Å². The number of unbranched alkanes of at least 4 members (excludes halogenated alkanes) is 2. The normalized spacial score (nSPS) is 17.5. The first kappa shape index (κ1) is 23.8. The summed E-state index contributed by atoms with van der Waals surface area (Å²) < 4.78 is 5.64. The molecule has 1 amide bonds. The molecule has 2 aliphatic rings. The zero-order chi connectivity index (χ0) is 22.2. The molecule has 0 saturated carbocycles. The van der Waals surface area contributed by atoms with Gasteiger partial charge in [0.1, 0.15) is 11.6 Å². The summed E-state index contributed by atoms with van der Waals surface area (Å²) in [4.78, 5) is 25.8. The Balaban J connectivity index is 1.46. The summed E-state index contributed by atoms with van der Waals surface area (Å²) in [6.45, 7) is 10.5. The van der Waals surface area contributed by atoms with Crippen molar-refractivity contribution in [3.8, 4) is 6.01 Å². The Kier molecular flexibility index (Phi) is 8.93. The molecule has 2 N–H and O–H groups in total. The molecule has 0 aliphatic carbocycles. The monoisotopic (exact) mass is 431 g/mol. The number of rotatable bonds is 12. The van der Waals surface area contributed by atoms with E-state index in [1.807, 2.05) is 0 Å². The van der Waals surface area contributed by atoms with Gasteiger partial charge in [-0.1, -0.05) is 40.0 Å². The van der Waals surface area contributed by atoms with E-state index in [-0.39, 0.29) is 11.9 Å². The molecule has 7 heteroatoms. The fourth-order valence-corrected chi connectivity index (χ4v) is 4.94. The number of piperidine rings is 1. The van der Waals surface area contributed by atoms with Gasteiger partial charge in [-0.2, -0.15) is 9.97 Å². The summed E-state index contributed by atoms with van der Waals surface area (Å²) in [5.41, 5.74) is 6.84. The Labute approximate surface area is 187 Å². The lowest BCUT2D eigenvalue weighted by Gasteiger charge is -2.37. The van der Waals surface area contributed by atoms with E-state index in [1.54, 1.807) is 4.90 Å². The van der Waals surface area contributed by atoms with Crippen LogP contribution in [0.2, 0.25) is 0 Å². The molecule has 31 heavy (non-hydrogen) atoms. The van der Waals surface area contributed by atoms with Crippen molar-refractivity contribution in [3.05, 3.63) is 5.56 Å². The summed E-state index contributed by atoms with van der Waals surface area (Å²) in [5.74, 6) is 1.92. The molecule has 0 aromatic carbocycles. The van der Waals surface area contributed by atoms with Crippen LogP contribution in [0.3, 0.4) is 0 Å². The third kappa shape index (κ3) is 6.09. The van der Waals surface area contributed by atoms with Gasteiger partial charge in [0.15, 0.2) is 0 Å². The second-order valence-corrected chi connectivity index (χ2v) is 9.06. The van der Waals surface area contributed by atoms with Gasteiger partial charge < -0.3 is 15.4 Å². The minimum absolute atomic E-state index is 0.0696. The molecule has 1 fully saturated rings. The topological polar surface area (TPSA) is 84.6 Å². The van der Waals surface area contributed by atoms with Crippen molar-refractivity contribution in [2.45, 2.75) is 91.0 Å². The molecule has 7 nitrogen and oxygen atoms in total. The van der Waals surface area contributed by atoms with Gasteiger partial charge in [-0.3, -0.25) is 9.69 Å². The van der Waals surface area contributed by atoms with Crippen molar-refractivity contribution in [3.63, 3.8) is 0 Å². The number of hydrogen-bond donors (Lipinski definition) is 1. The van der Waals surface area contributed by atoms with Crippen LogP contribution in [0.15, 0.2) is 0 Å². The first-order valence-electron chi connectivity index (χ1n) is 12.4. The van der Waals surface area contributed by atoms with Gasteiger partial charge in [0.05, 0.1) is 13.0 Å². The zero-order valence-electron chi connectivity index (χ0n) is 19.7. The SMILES string of the molecule is CCCCOc1nc(N)c2c(n1)N(CCCCC1CCN(C(CC)CC)CC1)C(=O)C2. The Morgan fingerprint density at radius 1 is 1.10 bits per heavy atom. The number of amides is 1. The van der Waals surface area contributed by atoms with Crippen LogP contribution in [0.25, 0.3) is 0 Å². The highest BCUT2D eigenvalue weighted by atomic mass is 16.5. The number of likely N-dealkylation sites (tertiary alicyclic amines) is 1. The highest BCUT2D eigenvalue weighted by molar-refractivity contribution is 6.01. The average Bonchev–Trinajstić information content (AvgIpc) is 3.09. The van der Waals surface area contributed by atoms with Crippen LogP contribution in [0.1, 0.15) is 84.1 Å². The van der Waals surface area contributed by atoms with Crippen molar-refractivity contribution in [1.82, 2.24) is 14.9 Å². The van der Waals surface area contributed by atoms with Gasteiger partial charge in [0, 0.05) is 18.2 Å². The van der Waals surface area contributed by atoms with E-state index >= 15 is 0 Å². The van der Waals surface area contributed by atoms with E-state index < -0.39 is 0 Å². The number of nitrogens with two attached hydrogens (primary N) is 1. The summed E-state index contributed by atoms with van der Waals surface area (Å²) in [5, 5.41) is 0. The highest BCUT2D eigenvalue weighted by Gasteiger charge is 2.32. The molecule has 2 aliphatic heterocycles. The van der Waals surface area contributed by atoms with Crippen molar-refractivity contribution in [1.29, 1.82) is 0 Å². The van der Waals surface area contributed by atoms with E-state index in [1.165, 1.54) is 45.2 Å². The third-order valence-corrected chi connectivity index (χ3v) is 6.96. The Morgan fingerprint density at radius 3 is 2.52 bits per heavy atom. The van der Waals surface area contributed by atoms with Gasteiger partial charge in [-0.25, -0.2) is 0 Å². The number of aromatic nitrogens is 2. The molecule has 1 aromatic heterocycles. The minimum Gasteiger partial charge on any atom is -0.463 e. The summed E-state index contributed by atoms with van der Waals surface area (Å²) in [7, 11) is 0. The number of fused-ring (bicyclic) bond motifs is 1. The molecule has 0 unspecified atom stereocenters. The maximum atomic E-state index is 12.6. The average molecular weight is 432 g/mol. The first-order valence-corrected chi connectivity index (χ1v) is 12.4. The molecular weight excluding hydrogens is 390 g/mol. The van der Waals surface area contributed by atoms with E-state index in [2.05, 4.69) is 35.6 Å². The van der Waals surface area contributed by atoms with Crippen LogP contribution in [-0.4, -0.2) is 53.1 Å². The Bertz CT molecular complexity index is 714. The van der Waals surface area contributed by atoms with Crippen LogP contribution in [-0.2, 0) is 11.2 Å². The van der Waals surface area contributed by atoms with Gasteiger partial charge in [0.2, 0.25) is 5.91 Å². The number of hydrogen-bond acceptors (Lipinski definition) is 6. The molecule has 0 atom stereocenters. The number of nitrogens with zero attached hydrogens (tertiary/aromatic N) is 4. The minimum atomic E-state index is 0.0696. The lowest BCUT2D eigenvalue weighted by molar-refractivity contribution is -0.117. The molecule has 0 spiro atoms. The van der Waals surface area contributed by atoms with Crippen molar-refractivity contribution in [2.75, 3.05) is 36.9 Å². The highest BCUT2D eigenvalue weighted by Crippen LogP contribution is 2.32. The Morgan fingerprint density at radius 2 is 1.84 bits per heavy atom. The van der Waals surface area contributed by atoms with Crippen molar-refractivity contribution < 1.29 is 9.53 Å². The fourth-order valence-electron chi connectivity index (χ4n) is 4.94. The van der Waals surface area contributed by atoms with Crippen LogP contribution in [0.5, 0.6) is 6.01 Å². The number of carbonyl (C=O) groups excluding carboxylic acids is 1. The van der Waals surface area contributed by atoms with E-state index in [0.29, 0.717) is 31.2 Å². The van der Waals surface area contributed by atoms with Gasteiger partial charge in [-0.15, -0.1) is 0 Å². The predicted molar refractivity (Wildman–Crippen MR) is 125 cm³/mol. The lowest BCUT2D eigenvalue weighted by Crippen LogP contribution is -2.40. The standard InChI is InChI=1S/C24H41N5O2/c1-4-7-16-31-24-26-22(25)20-17-21(30)29(23(20)27-24)13-9-8-10-18-11-14-28(15-12-18)19(5-2)6-3/h18-19H,4-17H2,1-3H3,(H2,25,26,27). The summed E-state index contributed by atoms with van der Waals surface area (Å²) >= 11 is 0. The number of ether oxygens (including phenoxy) is 1. The van der Waals surface area contributed by atoms with E-state index in [9.17, 15) is 4.79 Å². The fraction of sp³-hybridized carbons (Fsp3) is 0.792. The molecule has 174 valence electrons. The number of carbonyl (C=O) groups is 1. The summed E-state index contributed by atoms with van der Waals surface area (Å²) in [6, 6.07) is 1.04. The molecular formula is C24H41N5O2. The van der Waals surface area contributed by atoms with Crippen molar-refractivity contribution >= 4 is 17.5 Å². The van der Waals surface area contributed by atoms with Gasteiger partial charge >= 0.3 is 6.01 Å². The maximum absolute atomic E-state index is 12.6. The van der Waals surface area contributed by atoms with Gasteiger partial charge in [-0.05, 0) is 57.5 Å². The van der Waals surface area contributed by atoms with Gasteiger partial charge in [0.25, 0.3) is 0 Å². The number of nitrogen functional groups attached to an aromatic ring is 1. The largest absolute Gasteiger partial charge is 0.463 e. The van der Waals surface area contributed by atoms with Crippen LogP contribution in [0, 0.1) is 5.92 Å². The third-order valence-electron chi connectivity index (χ3n) is 6.96. The van der Waals surface area contributed by atoms with E-state index in [0.717, 1.165) is 43.2 Å². The molecule has 1 saturated heterocycles. The zero-order valence-corrected chi connectivity index (χ0v) is 19.7. The molecule has 3 heterocycles.